The van der Waals surface area contributed by atoms with E-state index in [1.807, 2.05) is 6.26 Å². The first-order valence-corrected chi connectivity index (χ1v) is 14.5. The Labute approximate surface area is 235 Å². The summed E-state index contributed by atoms with van der Waals surface area (Å²) in [5.41, 5.74) is 0.0839. The van der Waals surface area contributed by atoms with E-state index in [0.29, 0.717) is 41.9 Å². The van der Waals surface area contributed by atoms with E-state index in [1.54, 1.807) is 6.07 Å². The predicted molar refractivity (Wildman–Crippen MR) is 145 cm³/mol. The third-order valence-corrected chi connectivity index (χ3v) is 7.09. The Balaban J connectivity index is 1.78. The van der Waals surface area contributed by atoms with E-state index in [2.05, 4.69) is 16.0 Å². The molecule has 1 aliphatic heterocycles. The van der Waals surface area contributed by atoms with E-state index >= 15 is 0 Å². The second-order valence-electron chi connectivity index (χ2n) is 9.72. The van der Waals surface area contributed by atoms with Crippen LogP contribution in [0.15, 0.2) is 42.5 Å². The average molecular weight is 586 g/mol. The van der Waals surface area contributed by atoms with Gasteiger partial charge in [0, 0.05) is 25.6 Å². The van der Waals surface area contributed by atoms with Crippen LogP contribution in [-0.4, -0.2) is 60.3 Å². The van der Waals surface area contributed by atoms with Crippen LogP contribution < -0.4 is 20.7 Å². The molecule has 0 saturated heterocycles. The lowest BCUT2D eigenvalue weighted by molar-refractivity contribution is -0.137. The van der Waals surface area contributed by atoms with Gasteiger partial charge in [-0.3, -0.25) is 9.59 Å². The standard InChI is InChI=1S/C28H35F4N3O4S/c1-40-10-8-23-27(38)35-24(25(36)17-33-16-18-5-4-6-20(11-18)28(30,31)32)14-19-12-21(29)15-22(13-19)39-9-3-2-7-26(37)34-23/h4-6,11-13,15,23-25,33,36H,2-3,7-10,14,16-17H2,1H3,(H,34,37)(H,35,38). The molecule has 0 aromatic heterocycles. The molecule has 3 atom stereocenters. The molecule has 0 fully saturated rings. The maximum atomic E-state index is 14.4. The number of alkyl halides is 3. The number of carbonyl (C=O) groups is 2. The van der Waals surface area contributed by atoms with Crippen molar-refractivity contribution in [3.8, 4) is 5.75 Å². The highest BCUT2D eigenvalue weighted by Gasteiger charge is 2.30. The minimum Gasteiger partial charge on any atom is -0.493 e. The van der Waals surface area contributed by atoms with Crippen LogP contribution in [0.5, 0.6) is 5.75 Å². The molecule has 0 aliphatic carbocycles. The fourth-order valence-corrected chi connectivity index (χ4v) is 4.83. The molecule has 40 heavy (non-hydrogen) atoms. The van der Waals surface area contributed by atoms with E-state index in [9.17, 15) is 32.3 Å². The fraction of sp³-hybridized carbons (Fsp3) is 0.500. The normalized spacial score (nSPS) is 19.9. The lowest BCUT2D eigenvalue weighted by Gasteiger charge is -2.27. The van der Waals surface area contributed by atoms with Gasteiger partial charge in [-0.2, -0.15) is 24.9 Å². The molecule has 1 heterocycles. The molecule has 7 nitrogen and oxygen atoms in total. The number of ether oxygens (including phenoxy) is 1. The highest BCUT2D eigenvalue weighted by Crippen LogP contribution is 2.29. The van der Waals surface area contributed by atoms with Crippen molar-refractivity contribution >= 4 is 23.6 Å². The number of nitrogens with one attached hydrogen (secondary N) is 3. The SMILES string of the molecule is CSCCC1NC(=O)CCCCOc2cc(F)cc(c2)CC(C(O)CNCc2cccc(C(F)(F)F)c2)NC1=O. The summed E-state index contributed by atoms with van der Waals surface area (Å²) in [6, 6.07) is 7.31. The van der Waals surface area contributed by atoms with Crippen molar-refractivity contribution in [1.82, 2.24) is 16.0 Å². The molecule has 12 heteroatoms. The lowest BCUT2D eigenvalue weighted by Crippen LogP contribution is -2.55. The number of hydrogen-bond acceptors (Lipinski definition) is 6. The summed E-state index contributed by atoms with van der Waals surface area (Å²) in [6.45, 7) is 0.266. The zero-order valence-electron chi connectivity index (χ0n) is 22.2. The summed E-state index contributed by atoms with van der Waals surface area (Å²) in [7, 11) is 0. The van der Waals surface area contributed by atoms with E-state index in [1.165, 1.54) is 36.0 Å². The molecule has 220 valence electrons. The molecule has 2 aromatic rings. The van der Waals surface area contributed by atoms with Gasteiger partial charge in [-0.1, -0.05) is 18.2 Å². The van der Waals surface area contributed by atoms with Crippen LogP contribution >= 0.6 is 11.8 Å². The topological polar surface area (TPSA) is 99.7 Å². The van der Waals surface area contributed by atoms with E-state index < -0.39 is 41.7 Å². The van der Waals surface area contributed by atoms with Gasteiger partial charge in [-0.05, 0) is 67.0 Å². The largest absolute Gasteiger partial charge is 0.493 e. The molecular formula is C28H35F4N3O4S. The second kappa shape index (κ2) is 15.2. The molecule has 2 bridgehead atoms. The summed E-state index contributed by atoms with van der Waals surface area (Å²) in [4.78, 5) is 25.8. The maximum Gasteiger partial charge on any atom is 0.416 e. The number of amides is 2. The van der Waals surface area contributed by atoms with Gasteiger partial charge in [-0.25, -0.2) is 4.39 Å². The van der Waals surface area contributed by atoms with Crippen LogP contribution in [0, 0.1) is 5.82 Å². The van der Waals surface area contributed by atoms with Crippen LogP contribution in [0.4, 0.5) is 17.6 Å². The van der Waals surface area contributed by atoms with Crippen molar-refractivity contribution in [1.29, 1.82) is 0 Å². The number of hydrogen-bond donors (Lipinski definition) is 4. The highest BCUT2D eigenvalue weighted by molar-refractivity contribution is 7.98. The minimum absolute atomic E-state index is 0.0476. The van der Waals surface area contributed by atoms with Crippen molar-refractivity contribution in [2.75, 3.05) is 25.2 Å². The summed E-state index contributed by atoms with van der Waals surface area (Å²) in [6.07, 6.45) is -2.04. The average Bonchev–Trinajstić information content (AvgIpc) is 2.89. The van der Waals surface area contributed by atoms with Crippen LogP contribution in [0.25, 0.3) is 0 Å². The Morgan fingerprint density at radius 2 is 1.95 bits per heavy atom. The predicted octanol–water partition coefficient (Wildman–Crippen LogP) is 3.82. The number of rotatable bonds is 8. The maximum absolute atomic E-state index is 14.4. The van der Waals surface area contributed by atoms with Gasteiger partial charge in [0.2, 0.25) is 11.8 Å². The summed E-state index contributed by atoms with van der Waals surface area (Å²) in [5, 5.41) is 19.6. The van der Waals surface area contributed by atoms with Crippen molar-refractivity contribution in [2.24, 2.45) is 0 Å². The van der Waals surface area contributed by atoms with Gasteiger partial charge in [-0.15, -0.1) is 0 Å². The molecule has 0 radical (unpaired) electrons. The highest BCUT2D eigenvalue weighted by atomic mass is 32.2. The quantitative estimate of drug-likeness (QED) is 0.352. The summed E-state index contributed by atoms with van der Waals surface area (Å²) in [5.74, 6) is -0.372. The molecule has 4 N–H and O–H groups in total. The number of halogens is 4. The molecule has 2 amide bonds. The number of benzene rings is 2. The van der Waals surface area contributed by atoms with Gasteiger partial charge in [0.25, 0.3) is 0 Å². The minimum atomic E-state index is -4.47. The Hall–Kier alpha value is -2.83. The zero-order chi connectivity index (χ0) is 29.1. The Morgan fingerprint density at radius 1 is 1.15 bits per heavy atom. The van der Waals surface area contributed by atoms with Crippen molar-refractivity contribution in [3.63, 3.8) is 0 Å². The van der Waals surface area contributed by atoms with Crippen molar-refractivity contribution < 1.29 is 37.0 Å². The van der Waals surface area contributed by atoms with Crippen LogP contribution in [0.2, 0.25) is 0 Å². The van der Waals surface area contributed by atoms with E-state index in [-0.39, 0.29) is 38.4 Å². The molecule has 3 unspecified atom stereocenters. The smallest absolute Gasteiger partial charge is 0.416 e. The number of carbonyl (C=O) groups excluding carboxylic acids is 2. The van der Waals surface area contributed by atoms with Gasteiger partial charge in [0.05, 0.1) is 24.3 Å². The molecule has 0 spiro atoms. The number of aliphatic hydroxyl groups excluding tert-OH is 1. The van der Waals surface area contributed by atoms with Crippen molar-refractivity contribution in [3.05, 3.63) is 65.0 Å². The Morgan fingerprint density at radius 3 is 2.70 bits per heavy atom. The summed E-state index contributed by atoms with van der Waals surface area (Å²) >= 11 is 1.52. The van der Waals surface area contributed by atoms with Crippen molar-refractivity contribution in [2.45, 2.75) is 63.0 Å². The molecule has 2 aromatic carbocycles. The third kappa shape index (κ3) is 10.3. The van der Waals surface area contributed by atoms with Crippen LogP contribution in [-0.2, 0) is 28.7 Å². The van der Waals surface area contributed by atoms with Gasteiger partial charge < -0.3 is 25.8 Å². The lowest BCUT2D eigenvalue weighted by atomic mass is 9.99. The van der Waals surface area contributed by atoms with E-state index in [4.69, 9.17) is 4.74 Å². The molecule has 0 saturated carbocycles. The monoisotopic (exact) mass is 585 g/mol. The van der Waals surface area contributed by atoms with Crippen LogP contribution in [0.3, 0.4) is 0 Å². The molecule has 1 aliphatic rings. The Kier molecular flexibility index (Phi) is 12.1. The van der Waals surface area contributed by atoms with Gasteiger partial charge in [0.1, 0.15) is 17.6 Å². The Bertz CT molecular complexity index is 1130. The molecule has 3 rings (SSSR count). The first-order valence-electron chi connectivity index (χ1n) is 13.1. The number of aliphatic hydroxyl groups is 1. The van der Waals surface area contributed by atoms with Gasteiger partial charge in [0.15, 0.2) is 0 Å². The van der Waals surface area contributed by atoms with Crippen LogP contribution in [0.1, 0.15) is 42.4 Å². The second-order valence-corrected chi connectivity index (χ2v) is 10.7. The third-order valence-electron chi connectivity index (χ3n) is 6.44. The fourth-order valence-electron chi connectivity index (χ4n) is 4.36. The number of thioether (sulfide) groups is 1. The molecular weight excluding hydrogens is 550 g/mol. The van der Waals surface area contributed by atoms with E-state index in [0.717, 1.165) is 12.1 Å². The summed E-state index contributed by atoms with van der Waals surface area (Å²) < 4.78 is 59.2. The van der Waals surface area contributed by atoms with Gasteiger partial charge >= 0.3 is 6.18 Å². The number of fused-ring (bicyclic) bond motifs is 2. The zero-order valence-corrected chi connectivity index (χ0v) is 23.0. The first-order chi connectivity index (χ1) is 19.0. The first kappa shape index (κ1) is 31.7.